The number of hydrogen-bond donors (Lipinski definition) is 1. The maximum Gasteiger partial charge on any atom is 0.313 e. The fourth-order valence-corrected chi connectivity index (χ4v) is 3.00. The van der Waals surface area contributed by atoms with Crippen molar-refractivity contribution in [3.63, 3.8) is 0 Å². The van der Waals surface area contributed by atoms with Crippen molar-refractivity contribution in [2.45, 2.75) is 13.8 Å². The Bertz CT molecular complexity index is 766. The highest BCUT2D eigenvalue weighted by Gasteiger charge is 2.26. The molecule has 0 atom stereocenters. The van der Waals surface area contributed by atoms with Crippen LogP contribution in [0, 0.1) is 13.8 Å². The zero-order valence-corrected chi connectivity index (χ0v) is 14.7. The predicted molar refractivity (Wildman–Crippen MR) is 99.8 cm³/mol. The molecule has 1 aliphatic rings. The van der Waals surface area contributed by atoms with Gasteiger partial charge in [0.1, 0.15) is 0 Å². The molecule has 1 heterocycles. The molecule has 0 radical (unpaired) electrons. The van der Waals surface area contributed by atoms with Gasteiger partial charge in [-0.1, -0.05) is 30.3 Å². The number of carbonyl (C=O) groups excluding carboxylic acids is 2. The van der Waals surface area contributed by atoms with E-state index in [9.17, 15) is 9.59 Å². The Morgan fingerprint density at radius 3 is 2.28 bits per heavy atom. The molecule has 5 heteroatoms. The molecule has 0 aliphatic carbocycles. The summed E-state index contributed by atoms with van der Waals surface area (Å²) >= 11 is 0. The third-order valence-electron chi connectivity index (χ3n) is 4.52. The summed E-state index contributed by atoms with van der Waals surface area (Å²) in [5.41, 5.74) is 3.83. The van der Waals surface area contributed by atoms with Crippen LogP contribution in [0.4, 0.5) is 11.4 Å². The van der Waals surface area contributed by atoms with Crippen LogP contribution in [0.15, 0.2) is 48.5 Å². The Balaban J connectivity index is 1.58. The molecule has 0 aromatic heterocycles. The summed E-state index contributed by atoms with van der Waals surface area (Å²) in [5.74, 6) is -1.03. The van der Waals surface area contributed by atoms with Gasteiger partial charge in [-0.25, -0.2) is 0 Å². The number of hydrogen-bond acceptors (Lipinski definition) is 3. The van der Waals surface area contributed by atoms with Gasteiger partial charge in [-0.05, 0) is 43.2 Å². The quantitative estimate of drug-likeness (QED) is 0.857. The highest BCUT2D eigenvalue weighted by atomic mass is 16.2. The van der Waals surface area contributed by atoms with Gasteiger partial charge in [-0.2, -0.15) is 0 Å². The van der Waals surface area contributed by atoms with Crippen molar-refractivity contribution in [3.05, 3.63) is 59.7 Å². The van der Waals surface area contributed by atoms with Gasteiger partial charge < -0.3 is 15.1 Å². The Hall–Kier alpha value is -2.82. The number of piperazine rings is 1. The van der Waals surface area contributed by atoms with E-state index in [4.69, 9.17) is 0 Å². The van der Waals surface area contributed by atoms with Gasteiger partial charge in [0.2, 0.25) is 0 Å². The third-order valence-corrected chi connectivity index (χ3v) is 4.52. The normalized spacial score (nSPS) is 14.3. The molecule has 2 aromatic rings. The van der Waals surface area contributed by atoms with Crippen LogP contribution in [0.25, 0.3) is 0 Å². The molecule has 3 rings (SSSR count). The first-order valence-corrected chi connectivity index (χ1v) is 8.52. The van der Waals surface area contributed by atoms with E-state index in [0.29, 0.717) is 18.8 Å². The summed E-state index contributed by atoms with van der Waals surface area (Å²) in [5, 5.41) is 2.75. The van der Waals surface area contributed by atoms with Gasteiger partial charge in [0.05, 0.1) is 0 Å². The lowest BCUT2D eigenvalue weighted by Gasteiger charge is -2.35. The van der Waals surface area contributed by atoms with E-state index in [0.717, 1.165) is 29.9 Å². The summed E-state index contributed by atoms with van der Waals surface area (Å²) in [7, 11) is 0. The van der Waals surface area contributed by atoms with Crippen LogP contribution in [-0.4, -0.2) is 42.9 Å². The maximum atomic E-state index is 12.4. The first-order valence-electron chi connectivity index (χ1n) is 8.52. The molecule has 25 heavy (non-hydrogen) atoms. The summed E-state index contributed by atoms with van der Waals surface area (Å²) in [6.07, 6.45) is 0. The summed E-state index contributed by atoms with van der Waals surface area (Å²) in [6, 6.07) is 15.9. The van der Waals surface area contributed by atoms with Crippen LogP contribution in [-0.2, 0) is 9.59 Å². The topological polar surface area (TPSA) is 52.7 Å². The predicted octanol–water partition coefficient (Wildman–Crippen LogP) is 2.59. The molecule has 1 N–H and O–H groups in total. The highest BCUT2D eigenvalue weighted by molar-refractivity contribution is 6.39. The lowest BCUT2D eigenvalue weighted by Crippen LogP contribution is -2.51. The zero-order valence-electron chi connectivity index (χ0n) is 14.7. The van der Waals surface area contributed by atoms with Crippen LogP contribution in [0.1, 0.15) is 11.1 Å². The summed E-state index contributed by atoms with van der Waals surface area (Å²) in [4.78, 5) is 28.6. The number of benzene rings is 2. The number of aryl methyl sites for hydroxylation is 2. The van der Waals surface area contributed by atoms with E-state index in [1.165, 1.54) is 0 Å². The summed E-state index contributed by atoms with van der Waals surface area (Å²) < 4.78 is 0. The second-order valence-electron chi connectivity index (χ2n) is 6.39. The summed E-state index contributed by atoms with van der Waals surface area (Å²) in [6.45, 7) is 6.43. The van der Waals surface area contributed by atoms with Crippen molar-refractivity contribution in [2.75, 3.05) is 36.4 Å². The molecule has 5 nitrogen and oxygen atoms in total. The Labute approximate surface area is 148 Å². The van der Waals surface area contributed by atoms with Crippen LogP contribution >= 0.6 is 0 Å². The third kappa shape index (κ3) is 3.99. The molecule has 0 unspecified atom stereocenters. The molecule has 0 saturated carbocycles. The van der Waals surface area contributed by atoms with Gasteiger partial charge in [-0.3, -0.25) is 9.59 Å². The Morgan fingerprint density at radius 2 is 1.60 bits per heavy atom. The molecule has 130 valence electrons. The van der Waals surface area contributed by atoms with Crippen molar-refractivity contribution in [1.82, 2.24) is 4.90 Å². The van der Waals surface area contributed by atoms with E-state index in [-0.39, 0.29) is 0 Å². The number of carbonyl (C=O) groups is 2. The van der Waals surface area contributed by atoms with Crippen molar-refractivity contribution >= 4 is 23.2 Å². The largest absolute Gasteiger partial charge is 0.368 e. The Kier molecular flexibility index (Phi) is 5.03. The minimum Gasteiger partial charge on any atom is -0.368 e. The molecule has 1 aliphatic heterocycles. The first-order chi connectivity index (χ1) is 12.0. The van der Waals surface area contributed by atoms with Crippen molar-refractivity contribution in [3.8, 4) is 0 Å². The van der Waals surface area contributed by atoms with Gasteiger partial charge in [0.15, 0.2) is 0 Å². The number of amides is 2. The molecule has 0 spiro atoms. The minimum absolute atomic E-state index is 0.464. The van der Waals surface area contributed by atoms with Crippen LogP contribution in [0.2, 0.25) is 0 Å². The molecule has 2 amide bonds. The zero-order chi connectivity index (χ0) is 17.8. The fraction of sp³-hybridized carbons (Fsp3) is 0.300. The van der Waals surface area contributed by atoms with E-state index in [1.54, 1.807) is 4.90 Å². The van der Waals surface area contributed by atoms with Gasteiger partial charge in [0.25, 0.3) is 0 Å². The Morgan fingerprint density at radius 1 is 0.920 bits per heavy atom. The van der Waals surface area contributed by atoms with Gasteiger partial charge in [-0.15, -0.1) is 0 Å². The number of anilines is 2. The minimum atomic E-state index is -0.568. The molecule has 2 aromatic carbocycles. The van der Waals surface area contributed by atoms with E-state index >= 15 is 0 Å². The average Bonchev–Trinajstić information content (AvgIpc) is 2.65. The highest BCUT2D eigenvalue weighted by Crippen LogP contribution is 2.18. The lowest BCUT2D eigenvalue weighted by atomic mass is 10.1. The van der Waals surface area contributed by atoms with Crippen LogP contribution in [0.5, 0.6) is 0 Å². The second kappa shape index (κ2) is 7.38. The molecular weight excluding hydrogens is 314 g/mol. The number of nitrogens with zero attached hydrogens (tertiary/aromatic N) is 2. The van der Waals surface area contributed by atoms with Crippen molar-refractivity contribution in [1.29, 1.82) is 0 Å². The molecule has 1 fully saturated rings. The standard InChI is InChI=1S/C20H23N3O2/c1-15-8-9-16(2)18(14-15)21-19(24)20(25)23-12-10-22(11-13-23)17-6-4-3-5-7-17/h3-9,14H,10-13H2,1-2H3,(H,21,24). The van der Waals surface area contributed by atoms with E-state index in [1.807, 2.05) is 50.2 Å². The number of nitrogens with one attached hydrogen (secondary N) is 1. The SMILES string of the molecule is Cc1ccc(C)c(NC(=O)C(=O)N2CCN(c3ccccc3)CC2)c1. The molecule has 0 bridgehead atoms. The number of para-hydroxylation sites is 1. The fourth-order valence-electron chi connectivity index (χ4n) is 3.00. The smallest absolute Gasteiger partial charge is 0.313 e. The first kappa shape index (κ1) is 17.0. The van der Waals surface area contributed by atoms with E-state index < -0.39 is 11.8 Å². The maximum absolute atomic E-state index is 12.4. The van der Waals surface area contributed by atoms with Crippen molar-refractivity contribution in [2.24, 2.45) is 0 Å². The second-order valence-corrected chi connectivity index (χ2v) is 6.39. The lowest BCUT2D eigenvalue weighted by molar-refractivity contribution is -0.143. The van der Waals surface area contributed by atoms with Crippen LogP contribution in [0.3, 0.4) is 0 Å². The monoisotopic (exact) mass is 337 g/mol. The van der Waals surface area contributed by atoms with Crippen molar-refractivity contribution < 1.29 is 9.59 Å². The number of rotatable bonds is 2. The molecular formula is C20H23N3O2. The average molecular weight is 337 g/mol. The van der Waals surface area contributed by atoms with Gasteiger partial charge in [0, 0.05) is 37.6 Å². The van der Waals surface area contributed by atoms with E-state index in [2.05, 4.69) is 22.3 Å². The molecule has 1 saturated heterocycles. The van der Waals surface area contributed by atoms with Crippen LogP contribution < -0.4 is 10.2 Å². The van der Waals surface area contributed by atoms with Gasteiger partial charge >= 0.3 is 11.8 Å².